The lowest BCUT2D eigenvalue weighted by molar-refractivity contribution is 0.174. The minimum absolute atomic E-state index is 0.296. The van der Waals surface area contributed by atoms with Gasteiger partial charge >= 0.3 is 0 Å². The van der Waals surface area contributed by atoms with Crippen molar-refractivity contribution < 1.29 is 9.47 Å². The highest BCUT2D eigenvalue weighted by atomic mass is 16.7. The summed E-state index contributed by atoms with van der Waals surface area (Å²) < 4.78 is 10.7. The van der Waals surface area contributed by atoms with E-state index in [1.807, 2.05) is 31.2 Å². The number of benzene rings is 1. The van der Waals surface area contributed by atoms with E-state index in [2.05, 4.69) is 34.0 Å². The van der Waals surface area contributed by atoms with Crippen LogP contribution >= 0.6 is 0 Å². The number of nitrogens with zero attached hydrogens (tertiary/aromatic N) is 3. The number of anilines is 2. The molecule has 1 aliphatic heterocycles. The summed E-state index contributed by atoms with van der Waals surface area (Å²) in [5, 5.41) is 3.36. The number of ether oxygens (including phenoxy) is 2. The number of aromatic nitrogens is 2. The minimum atomic E-state index is 0.296. The maximum absolute atomic E-state index is 5.41. The molecule has 6 nitrogen and oxygen atoms in total. The molecule has 0 atom stereocenters. The summed E-state index contributed by atoms with van der Waals surface area (Å²) in [4.78, 5) is 11.3. The first kappa shape index (κ1) is 15.4. The van der Waals surface area contributed by atoms with Gasteiger partial charge in [-0.05, 0) is 38.5 Å². The Kier molecular flexibility index (Phi) is 4.50. The van der Waals surface area contributed by atoms with E-state index in [9.17, 15) is 0 Å². The van der Waals surface area contributed by atoms with E-state index in [1.165, 1.54) is 0 Å². The van der Waals surface area contributed by atoms with E-state index >= 15 is 0 Å². The van der Waals surface area contributed by atoms with E-state index in [0.717, 1.165) is 47.6 Å². The number of aryl methyl sites for hydroxylation is 1. The zero-order chi connectivity index (χ0) is 16.2. The molecule has 0 amide bonds. The van der Waals surface area contributed by atoms with Crippen LogP contribution in [0.3, 0.4) is 0 Å². The molecule has 6 heteroatoms. The molecule has 0 aliphatic carbocycles. The van der Waals surface area contributed by atoms with Gasteiger partial charge in [0, 0.05) is 31.4 Å². The molecule has 0 saturated carbocycles. The molecule has 0 saturated heterocycles. The standard InChI is InChI=1S/C17H22N4O2/c1-4-21(5-2)17-19-12(3)8-16(20-17)18-10-13-6-7-14-15(9-13)23-11-22-14/h6-9H,4-5,10-11H2,1-3H3,(H,18,19,20). The highest BCUT2D eigenvalue weighted by molar-refractivity contribution is 5.47. The maximum atomic E-state index is 5.41. The van der Waals surface area contributed by atoms with Gasteiger partial charge in [-0.3, -0.25) is 0 Å². The first-order valence-corrected chi connectivity index (χ1v) is 7.92. The Balaban J connectivity index is 1.72. The highest BCUT2D eigenvalue weighted by Gasteiger charge is 2.13. The van der Waals surface area contributed by atoms with Crippen molar-refractivity contribution in [3.63, 3.8) is 0 Å². The van der Waals surface area contributed by atoms with Crippen molar-refractivity contribution in [2.75, 3.05) is 30.1 Å². The first-order valence-electron chi connectivity index (χ1n) is 7.92. The van der Waals surface area contributed by atoms with Gasteiger partial charge in [0.25, 0.3) is 0 Å². The van der Waals surface area contributed by atoms with Crippen LogP contribution < -0.4 is 19.7 Å². The molecule has 2 aromatic rings. The summed E-state index contributed by atoms with van der Waals surface area (Å²) in [6.45, 7) is 8.95. The number of nitrogens with one attached hydrogen (secondary N) is 1. The van der Waals surface area contributed by atoms with Crippen molar-refractivity contribution >= 4 is 11.8 Å². The average molecular weight is 314 g/mol. The van der Waals surface area contributed by atoms with Crippen LogP contribution in [0.1, 0.15) is 25.1 Å². The van der Waals surface area contributed by atoms with Crippen molar-refractivity contribution in [3.8, 4) is 11.5 Å². The molecular weight excluding hydrogens is 292 g/mol. The van der Waals surface area contributed by atoms with Gasteiger partial charge < -0.3 is 19.7 Å². The van der Waals surface area contributed by atoms with E-state index in [1.54, 1.807) is 0 Å². The smallest absolute Gasteiger partial charge is 0.231 e. The molecule has 122 valence electrons. The van der Waals surface area contributed by atoms with Crippen LogP contribution in [0.5, 0.6) is 11.5 Å². The molecule has 1 N–H and O–H groups in total. The maximum Gasteiger partial charge on any atom is 0.231 e. The second kappa shape index (κ2) is 6.73. The summed E-state index contributed by atoms with van der Waals surface area (Å²) in [6.07, 6.45) is 0. The van der Waals surface area contributed by atoms with Crippen molar-refractivity contribution in [1.29, 1.82) is 0 Å². The molecule has 0 fully saturated rings. The highest BCUT2D eigenvalue weighted by Crippen LogP contribution is 2.32. The fraction of sp³-hybridized carbons (Fsp3) is 0.412. The Bertz CT molecular complexity index is 686. The number of hydrogen-bond donors (Lipinski definition) is 1. The molecular formula is C17H22N4O2. The van der Waals surface area contributed by atoms with Gasteiger partial charge in [-0.2, -0.15) is 4.98 Å². The molecule has 1 aliphatic rings. The Morgan fingerprint density at radius 3 is 2.65 bits per heavy atom. The monoisotopic (exact) mass is 314 g/mol. The van der Waals surface area contributed by atoms with Crippen LogP contribution in [0.2, 0.25) is 0 Å². The zero-order valence-electron chi connectivity index (χ0n) is 13.8. The third-order valence-corrected chi connectivity index (χ3v) is 3.80. The van der Waals surface area contributed by atoms with Gasteiger partial charge in [0.2, 0.25) is 12.7 Å². The summed E-state index contributed by atoms with van der Waals surface area (Å²) in [5.74, 6) is 3.20. The van der Waals surface area contributed by atoms with Crippen molar-refractivity contribution in [2.24, 2.45) is 0 Å². The van der Waals surface area contributed by atoms with E-state index in [0.29, 0.717) is 13.3 Å². The molecule has 3 rings (SSSR count). The fourth-order valence-corrected chi connectivity index (χ4v) is 2.53. The van der Waals surface area contributed by atoms with E-state index in [-0.39, 0.29) is 0 Å². The molecule has 1 aromatic heterocycles. The van der Waals surface area contributed by atoms with Gasteiger partial charge in [0.05, 0.1) is 0 Å². The quantitative estimate of drug-likeness (QED) is 0.884. The van der Waals surface area contributed by atoms with Crippen LogP contribution in [0.15, 0.2) is 24.3 Å². The second-order valence-electron chi connectivity index (χ2n) is 5.41. The summed E-state index contributed by atoms with van der Waals surface area (Å²) in [7, 11) is 0. The van der Waals surface area contributed by atoms with Gasteiger partial charge in [0.15, 0.2) is 11.5 Å². The predicted molar refractivity (Wildman–Crippen MR) is 90.2 cm³/mol. The summed E-state index contributed by atoms with van der Waals surface area (Å²) in [6, 6.07) is 7.92. The molecule has 0 unspecified atom stereocenters. The van der Waals surface area contributed by atoms with Gasteiger partial charge in [-0.25, -0.2) is 4.98 Å². The van der Waals surface area contributed by atoms with Crippen LogP contribution in [0, 0.1) is 6.92 Å². The third-order valence-electron chi connectivity index (χ3n) is 3.80. The number of hydrogen-bond acceptors (Lipinski definition) is 6. The van der Waals surface area contributed by atoms with Gasteiger partial charge in [-0.15, -0.1) is 0 Å². The predicted octanol–water partition coefficient (Wildman–Crippen LogP) is 2.97. The van der Waals surface area contributed by atoms with Crippen LogP contribution in [-0.2, 0) is 6.54 Å². The lowest BCUT2D eigenvalue weighted by atomic mass is 10.2. The summed E-state index contributed by atoms with van der Waals surface area (Å²) >= 11 is 0. The lowest BCUT2D eigenvalue weighted by Gasteiger charge is -2.19. The van der Waals surface area contributed by atoms with Gasteiger partial charge in [0.1, 0.15) is 5.82 Å². The normalized spacial score (nSPS) is 12.3. The Labute approximate surface area is 136 Å². The SMILES string of the molecule is CCN(CC)c1nc(C)cc(NCc2ccc3c(c2)OCO3)n1. The number of rotatable bonds is 6. The largest absolute Gasteiger partial charge is 0.454 e. The van der Waals surface area contributed by atoms with E-state index in [4.69, 9.17) is 9.47 Å². The molecule has 23 heavy (non-hydrogen) atoms. The second-order valence-corrected chi connectivity index (χ2v) is 5.41. The van der Waals surface area contributed by atoms with Crippen LogP contribution in [-0.4, -0.2) is 29.9 Å². The van der Waals surface area contributed by atoms with Crippen molar-refractivity contribution in [3.05, 3.63) is 35.5 Å². The van der Waals surface area contributed by atoms with Crippen LogP contribution in [0.4, 0.5) is 11.8 Å². The molecule has 2 heterocycles. The Morgan fingerprint density at radius 2 is 1.87 bits per heavy atom. The van der Waals surface area contributed by atoms with Crippen molar-refractivity contribution in [1.82, 2.24) is 9.97 Å². The van der Waals surface area contributed by atoms with E-state index < -0.39 is 0 Å². The number of fused-ring (bicyclic) bond motifs is 1. The summed E-state index contributed by atoms with van der Waals surface area (Å²) in [5.41, 5.74) is 2.07. The molecule has 0 radical (unpaired) electrons. The Hall–Kier alpha value is -2.50. The van der Waals surface area contributed by atoms with Crippen LogP contribution in [0.25, 0.3) is 0 Å². The topological polar surface area (TPSA) is 59.5 Å². The zero-order valence-corrected chi connectivity index (χ0v) is 13.8. The fourth-order valence-electron chi connectivity index (χ4n) is 2.53. The first-order chi connectivity index (χ1) is 11.2. The lowest BCUT2D eigenvalue weighted by Crippen LogP contribution is -2.24. The minimum Gasteiger partial charge on any atom is -0.454 e. The average Bonchev–Trinajstić information content (AvgIpc) is 3.01. The molecule has 1 aromatic carbocycles. The van der Waals surface area contributed by atoms with Crippen molar-refractivity contribution in [2.45, 2.75) is 27.3 Å². The van der Waals surface area contributed by atoms with Gasteiger partial charge in [-0.1, -0.05) is 6.07 Å². The molecule has 0 spiro atoms. The molecule has 0 bridgehead atoms. The third kappa shape index (κ3) is 3.47. The Morgan fingerprint density at radius 1 is 1.09 bits per heavy atom.